The van der Waals surface area contributed by atoms with Gasteiger partial charge in [-0.05, 0) is 0 Å². The number of aromatic nitrogens is 1. The topological polar surface area (TPSA) is 15.8 Å². The first-order valence-electron chi connectivity index (χ1n) is 6.16. The van der Waals surface area contributed by atoms with Gasteiger partial charge in [-0.2, -0.15) is 0 Å². The average molecular weight is 278 g/mol. The number of fused-ring (bicyclic) bond motifs is 1. The molecule has 0 unspecified atom stereocenters. The Balaban J connectivity index is 1.83. The second kappa shape index (κ2) is 4.65. The van der Waals surface area contributed by atoms with E-state index < -0.39 is 0 Å². The Labute approximate surface area is 103 Å². The second-order valence-corrected chi connectivity index (χ2v) is 7.39. The van der Waals surface area contributed by atoms with Gasteiger partial charge in [-0.25, -0.2) is 0 Å². The Morgan fingerprint density at radius 2 is 1.88 bits per heavy atom. The fourth-order valence-corrected chi connectivity index (χ4v) is 5.36. The van der Waals surface area contributed by atoms with Gasteiger partial charge in [-0.15, -0.1) is 0 Å². The number of nitrogens with one attached hydrogen (secondary N) is 1. The first kappa shape index (κ1) is 10.4. The average Bonchev–Trinajstić information content (AvgIpc) is 2.74. The van der Waals surface area contributed by atoms with Crippen molar-refractivity contribution in [3.63, 3.8) is 0 Å². The van der Waals surface area contributed by atoms with E-state index in [4.69, 9.17) is 0 Å². The molecule has 0 spiro atoms. The molecule has 0 bridgehead atoms. The molecule has 0 radical (unpaired) electrons. The van der Waals surface area contributed by atoms with Crippen molar-refractivity contribution in [1.82, 2.24) is 4.98 Å². The number of rotatable bonds is 2. The summed E-state index contributed by atoms with van der Waals surface area (Å²) in [7, 11) is 0. The van der Waals surface area contributed by atoms with Gasteiger partial charge in [0, 0.05) is 0 Å². The molecule has 1 saturated carbocycles. The van der Waals surface area contributed by atoms with Crippen molar-refractivity contribution >= 4 is 30.3 Å². The van der Waals surface area contributed by atoms with E-state index in [1.165, 1.54) is 43.0 Å². The molecule has 0 amide bonds. The van der Waals surface area contributed by atoms with Gasteiger partial charge in [0.1, 0.15) is 0 Å². The zero-order chi connectivity index (χ0) is 10.8. The van der Waals surface area contributed by atoms with Crippen LogP contribution >= 0.6 is 0 Å². The summed E-state index contributed by atoms with van der Waals surface area (Å²) in [5, 5.41) is 1.45. The first-order chi connectivity index (χ1) is 7.93. The molecule has 84 valence electrons. The molecular weight excluding hydrogens is 261 g/mol. The van der Waals surface area contributed by atoms with Crippen LogP contribution in [0.25, 0.3) is 10.9 Å². The number of hydrogen-bond acceptors (Lipinski definition) is 0. The summed E-state index contributed by atoms with van der Waals surface area (Å²) in [6.45, 7) is 0. The van der Waals surface area contributed by atoms with Gasteiger partial charge in [0.15, 0.2) is 0 Å². The molecule has 1 aromatic carbocycles. The SMILES string of the molecule is c1ccc2c([Se]C3CCCCC3)c[nH]c2c1. The van der Waals surface area contributed by atoms with Gasteiger partial charge < -0.3 is 0 Å². The van der Waals surface area contributed by atoms with Gasteiger partial charge >= 0.3 is 103 Å². The van der Waals surface area contributed by atoms with E-state index in [1.54, 1.807) is 4.46 Å². The molecule has 2 heteroatoms. The van der Waals surface area contributed by atoms with E-state index in [1.807, 2.05) is 0 Å². The summed E-state index contributed by atoms with van der Waals surface area (Å²) in [5.74, 6) is 0. The Bertz CT molecular complexity index is 468. The third-order valence-electron chi connectivity index (χ3n) is 3.40. The third kappa shape index (κ3) is 2.05. The molecule has 1 aliphatic carbocycles. The number of benzene rings is 1. The van der Waals surface area contributed by atoms with Crippen molar-refractivity contribution in [1.29, 1.82) is 0 Å². The summed E-state index contributed by atoms with van der Waals surface area (Å²) >= 11 is 0.667. The molecule has 3 rings (SSSR count). The fraction of sp³-hybridized carbons (Fsp3) is 0.429. The zero-order valence-electron chi connectivity index (χ0n) is 9.41. The molecule has 1 aliphatic rings. The predicted octanol–water partition coefficient (Wildman–Crippen LogP) is 3.25. The van der Waals surface area contributed by atoms with Crippen molar-refractivity contribution < 1.29 is 0 Å². The van der Waals surface area contributed by atoms with Crippen LogP contribution in [0.1, 0.15) is 32.1 Å². The van der Waals surface area contributed by atoms with Crippen LogP contribution in [0.15, 0.2) is 30.5 Å². The van der Waals surface area contributed by atoms with E-state index >= 15 is 0 Å². The molecule has 0 saturated heterocycles. The molecule has 0 atom stereocenters. The molecule has 0 aliphatic heterocycles. The summed E-state index contributed by atoms with van der Waals surface area (Å²) in [6.07, 6.45) is 9.52. The van der Waals surface area contributed by atoms with Crippen LogP contribution in [0.3, 0.4) is 0 Å². The van der Waals surface area contributed by atoms with E-state index in [-0.39, 0.29) is 0 Å². The van der Waals surface area contributed by atoms with Crippen molar-refractivity contribution in [2.45, 2.75) is 36.9 Å². The van der Waals surface area contributed by atoms with Crippen LogP contribution in [0.2, 0.25) is 4.82 Å². The molecular formula is C14H17NSe. The van der Waals surface area contributed by atoms with E-state index in [0.717, 1.165) is 4.82 Å². The predicted molar refractivity (Wildman–Crippen MR) is 70.5 cm³/mol. The molecule has 16 heavy (non-hydrogen) atoms. The van der Waals surface area contributed by atoms with Crippen LogP contribution in [-0.2, 0) is 0 Å². The minimum atomic E-state index is 0.667. The summed E-state index contributed by atoms with van der Waals surface area (Å²) in [4.78, 5) is 4.38. The quantitative estimate of drug-likeness (QED) is 0.812. The Kier molecular flexibility index (Phi) is 3.03. The van der Waals surface area contributed by atoms with Crippen molar-refractivity contribution in [2.75, 3.05) is 0 Å². The number of aromatic amines is 1. The van der Waals surface area contributed by atoms with E-state index in [2.05, 4.69) is 35.4 Å². The van der Waals surface area contributed by atoms with Gasteiger partial charge in [-0.1, -0.05) is 0 Å². The first-order valence-corrected chi connectivity index (χ1v) is 8.01. The van der Waals surface area contributed by atoms with E-state index in [9.17, 15) is 0 Å². The normalized spacial score (nSPS) is 18.0. The van der Waals surface area contributed by atoms with Crippen molar-refractivity contribution in [3.05, 3.63) is 30.5 Å². The van der Waals surface area contributed by atoms with Crippen molar-refractivity contribution in [3.8, 4) is 0 Å². The molecule has 1 heterocycles. The third-order valence-corrected chi connectivity index (χ3v) is 6.33. The Morgan fingerprint density at radius 1 is 1.06 bits per heavy atom. The minimum absolute atomic E-state index is 0.667. The standard InChI is InChI=1S/C14H17NSe/c1-2-6-11(7-3-1)16-14-10-15-13-9-5-4-8-12(13)14/h4-5,8-11,15H,1-3,6-7H2. The summed E-state index contributed by atoms with van der Waals surface area (Å²) in [5.41, 5.74) is 1.30. The van der Waals surface area contributed by atoms with Crippen LogP contribution in [0, 0.1) is 0 Å². The van der Waals surface area contributed by atoms with Gasteiger partial charge in [-0.3, -0.25) is 0 Å². The summed E-state index contributed by atoms with van der Waals surface area (Å²) < 4.78 is 1.58. The number of para-hydroxylation sites is 1. The van der Waals surface area contributed by atoms with Crippen LogP contribution in [-0.4, -0.2) is 19.9 Å². The van der Waals surface area contributed by atoms with Crippen molar-refractivity contribution in [2.24, 2.45) is 0 Å². The maximum absolute atomic E-state index is 3.39. The van der Waals surface area contributed by atoms with Gasteiger partial charge in [0.05, 0.1) is 0 Å². The molecule has 1 fully saturated rings. The molecule has 2 aromatic rings. The summed E-state index contributed by atoms with van der Waals surface area (Å²) in [6, 6.07) is 8.69. The Hall–Kier alpha value is -0.721. The number of H-pyrrole nitrogens is 1. The van der Waals surface area contributed by atoms with Crippen LogP contribution in [0.4, 0.5) is 0 Å². The zero-order valence-corrected chi connectivity index (χ0v) is 11.1. The fourth-order valence-electron chi connectivity index (χ4n) is 2.50. The van der Waals surface area contributed by atoms with Gasteiger partial charge in [0.2, 0.25) is 0 Å². The Morgan fingerprint density at radius 3 is 2.75 bits per heavy atom. The molecule has 1 N–H and O–H groups in total. The second-order valence-electron chi connectivity index (χ2n) is 4.58. The molecule has 1 nitrogen and oxygen atoms in total. The van der Waals surface area contributed by atoms with Crippen LogP contribution in [0.5, 0.6) is 0 Å². The van der Waals surface area contributed by atoms with E-state index in [0.29, 0.717) is 15.0 Å². The van der Waals surface area contributed by atoms with Gasteiger partial charge in [0.25, 0.3) is 0 Å². The maximum atomic E-state index is 3.39. The monoisotopic (exact) mass is 279 g/mol. The molecule has 1 aromatic heterocycles. The van der Waals surface area contributed by atoms with Crippen LogP contribution < -0.4 is 4.46 Å². The number of hydrogen-bond donors (Lipinski definition) is 1.